The zero-order valence-electron chi connectivity index (χ0n) is 10.4. The highest BCUT2D eigenvalue weighted by atomic mass is 16.3. The molecule has 1 atom stereocenters. The maximum absolute atomic E-state index is 9.96. The molecule has 0 radical (unpaired) electrons. The van der Waals surface area contributed by atoms with Crippen molar-refractivity contribution in [2.45, 2.75) is 58.5 Å². The van der Waals surface area contributed by atoms with E-state index >= 15 is 0 Å². The Morgan fingerprint density at radius 2 is 1.94 bits per heavy atom. The molecule has 1 aromatic rings. The van der Waals surface area contributed by atoms with E-state index in [2.05, 4.69) is 11.9 Å². The van der Waals surface area contributed by atoms with Crippen LogP contribution in [-0.4, -0.2) is 10.1 Å². The van der Waals surface area contributed by atoms with Gasteiger partial charge in [-0.2, -0.15) is 0 Å². The third-order valence-corrected chi connectivity index (χ3v) is 2.86. The van der Waals surface area contributed by atoms with Crippen molar-refractivity contribution < 1.29 is 5.11 Å². The maximum atomic E-state index is 9.96. The van der Waals surface area contributed by atoms with Gasteiger partial charge in [0.25, 0.3) is 0 Å². The zero-order chi connectivity index (χ0) is 11.8. The Hall–Kier alpha value is -0.890. The largest absolute Gasteiger partial charge is 0.388 e. The van der Waals surface area contributed by atoms with Crippen LogP contribution in [0.5, 0.6) is 0 Å². The average molecular weight is 221 g/mol. The van der Waals surface area contributed by atoms with Crippen molar-refractivity contribution >= 4 is 0 Å². The van der Waals surface area contributed by atoms with E-state index in [0.717, 1.165) is 24.0 Å². The minimum atomic E-state index is -0.339. The van der Waals surface area contributed by atoms with Gasteiger partial charge in [-0.15, -0.1) is 0 Å². The summed E-state index contributed by atoms with van der Waals surface area (Å²) in [5.41, 5.74) is 2.07. The molecule has 0 amide bonds. The van der Waals surface area contributed by atoms with Crippen LogP contribution < -0.4 is 0 Å². The molecule has 16 heavy (non-hydrogen) atoms. The molecule has 0 bridgehead atoms. The SMILES string of the molecule is CCCCCCCC(O)c1cncc(C)c1. The lowest BCUT2D eigenvalue weighted by atomic mass is 10.0. The quantitative estimate of drug-likeness (QED) is 0.711. The van der Waals surface area contributed by atoms with Crippen LogP contribution in [0.1, 0.15) is 62.7 Å². The van der Waals surface area contributed by atoms with Gasteiger partial charge in [-0.1, -0.05) is 45.1 Å². The van der Waals surface area contributed by atoms with E-state index in [1.54, 1.807) is 6.20 Å². The van der Waals surface area contributed by atoms with Crippen molar-refractivity contribution in [1.29, 1.82) is 0 Å². The molecule has 0 aliphatic heterocycles. The molecular formula is C14H23NO. The van der Waals surface area contributed by atoms with Gasteiger partial charge in [0.15, 0.2) is 0 Å². The molecule has 0 aliphatic carbocycles. The Morgan fingerprint density at radius 3 is 2.62 bits per heavy atom. The molecule has 0 saturated heterocycles. The fourth-order valence-corrected chi connectivity index (χ4v) is 1.87. The van der Waals surface area contributed by atoms with E-state index < -0.39 is 0 Å². The lowest BCUT2D eigenvalue weighted by Crippen LogP contribution is -1.98. The van der Waals surface area contributed by atoms with Crippen LogP contribution in [-0.2, 0) is 0 Å². The van der Waals surface area contributed by atoms with Crippen LogP contribution in [0.3, 0.4) is 0 Å². The van der Waals surface area contributed by atoms with Gasteiger partial charge in [0.1, 0.15) is 0 Å². The highest BCUT2D eigenvalue weighted by Crippen LogP contribution is 2.19. The Balaban J connectivity index is 2.27. The summed E-state index contributed by atoms with van der Waals surface area (Å²) in [6.45, 7) is 4.22. The Bertz CT molecular complexity index is 299. The van der Waals surface area contributed by atoms with Gasteiger partial charge in [-0.05, 0) is 24.5 Å². The number of unbranched alkanes of at least 4 members (excludes halogenated alkanes) is 4. The average Bonchev–Trinajstić information content (AvgIpc) is 2.28. The number of hydrogen-bond acceptors (Lipinski definition) is 2. The molecule has 1 heterocycles. The summed E-state index contributed by atoms with van der Waals surface area (Å²) >= 11 is 0. The van der Waals surface area contributed by atoms with Crippen LogP contribution in [0.15, 0.2) is 18.5 Å². The normalized spacial score (nSPS) is 12.7. The van der Waals surface area contributed by atoms with E-state index in [4.69, 9.17) is 0 Å². The van der Waals surface area contributed by atoms with E-state index in [9.17, 15) is 5.11 Å². The van der Waals surface area contributed by atoms with Gasteiger partial charge in [-0.25, -0.2) is 0 Å². The van der Waals surface area contributed by atoms with Gasteiger partial charge in [0.05, 0.1) is 6.10 Å². The highest BCUT2D eigenvalue weighted by Gasteiger charge is 2.07. The summed E-state index contributed by atoms with van der Waals surface area (Å²) < 4.78 is 0. The number of aliphatic hydroxyl groups excluding tert-OH is 1. The topological polar surface area (TPSA) is 33.1 Å². The van der Waals surface area contributed by atoms with Crippen molar-refractivity contribution in [3.05, 3.63) is 29.6 Å². The fraction of sp³-hybridized carbons (Fsp3) is 0.643. The molecule has 2 nitrogen and oxygen atoms in total. The lowest BCUT2D eigenvalue weighted by Gasteiger charge is -2.10. The fourth-order valence-electron chi connectivity index (χ4n) is 1.87. The lowest BCUT2D eigenvalue weighted by molar-refractivity contribution is 0.163. The standard InChI is InChI=1S/C14H23NO/c1-3-4-5-6-7-8-14(16)13-9-12(2)10-15-11-13/h9-11,14,16H,3-8H2,1-2H3. The van der Waals surface area contributed by atoms with Crippen LogP contribution in [0, 0.1) is 6.92 Å². The van der Waals surface area contributed by atoms with Gasteiger partial charge in [-0.3, -0.25) is 4.98 Å². The number of aliphatic hydroxyl groups is 1. The summed E-state index contributed by atoms with van der Waals surface area (Å²) in [6, 6.07) is 2.02. The summed E-state index contributed by atoms with van der Waals surface area (Å²) in [5.74, 6) is 0. The molecule has 1 rings (SSSR count). The van der Waals surface area contributed by atoms with E-state index in [0.29, 0.717) is 0 Å². The van der Waals surface area contributed by atoms with Crippen molar-refractivity contribution in [2.24, 2.45) is 0 Å². The van der Waals surface area contributed by atoms with Crippen molar-refractivity contribution in [3.8, 4) is 0 Å². The number of aryl methyl sites for hydroxylation is 1. The highest BCUT2D eigenvalue weighted by molar-refractivity contribution is 5.18. The second-order valence-electron chi connectivity index (χ2n) is 4.51. The van der Waals surface area contributed by atoms with E-state index in [1.165, 1.54) is 25.7 Å². The van der Waals surface area contributed by atoms with Gasteiger partial charge in [0.2, 0.25) is 0 Å². The first-order valence-corrected chi connectivity index (χ1v) is 6.33. The second-order valence-corrected chi connectivity index (χ2v) is 4.51. The van der Waals surface area contributed by atoms with E-state index in [-0.39, 0.29) is 6.10 Å². The van der Waals surface area contributed by atoms with Gasteiger partial charge < -0.3 is 5.11 Å². The second kappa shape index (κ2) is 7.39. The van der Waals surface area contributed by atoms with Crippen LogP contribution in [0.4, 0.5) is 0 Å². The third kappa shape index (κ3) is 4.75. The minimum Gasteiger partial charge on any atom is -0.388 e. The smallest absolute Gasteiger partial charge is 0.0805 e. The number of nitrogens with zero attached hydrogens (tertiary/aromatic N) is 1. The van der Waals surface area contributed by atoms with Gasteiger partial charge >= 0.3 is 0 Å². The molecular weight excluding hydrogens is 198 g/mol. The molecule has 90 valence electrons. The van der Waals surface area contributed by atoms with Crippen molar-refractivity contribution in [3.63, 3.8) is 0 Å². The molecule has 0 aromatic carbocycles. The molecule has 0 fully saturated rings. The van der Waals surface area contributed by atoms with Crippen LogP contribution in [0.25, 0.3) is 0 Å². The number of pyridine rings is 1. The summed E-state index contributed by atoms with van der Waals surface area (Å²) in [6.07, 6.45) is 10.3. The van der Waals surface area contributed by atoms with Crippen LogP contribution in [0.2, 0.25) is 0 Å². The molecule has 1 aromatic heterocycles. The summed E-state index contributed by atoms with van der Waals surface area (Å²) in [4.78, 5) is 4.10. The Kier molecular flexibility index (Phi) is 6.09. The first-order chi connectivity index (χ1) is 7.74. The Labute approximate surface area is 98.7 Å². The number of aromatic nitrogens is 1. The maximum Gasteiger partial charge on any atom is 0.0805 e. The molecule has 2 heteroatoms. The Morgan fingerprint density at radius 1 is 1.19 bits per heavy atom. The number of rotatable bonds is 7. The summed E-state index contributed by atoms with van der Waals surface area (Å²) in [5, 5.41) is 9.96. The summed E-state index contributed by atoms with van der Waals surface area (Å²) in [7, 11) is 0. The third-order valence-electron chi connectivity index (χ3n) is 2.86. The monoisotopic (exact) mass is 221 g/mol. The molecule has 1 unspecified atom stereocenters. The predicted molar refractivity (Wildman–Crippen MR) is 67.3 cm³/mol. The molecule has 0 aliphatic rings. The first kappa shape index (κ1) is 13.2. The molecule has 1 N–H and O–H groups in total. The first-order valence-electron chi connectivity index (χ1n) is 6.33. The predicted octanol–water partition coefficient (Wildman–Crippen LogP) is 3.78. The number of hydrogen-bond donors (Lipinski definition) is 1. The van der Waals surface area contributed by atoms with E-state index in [1.807, 2.05) is 19.2 Å². The van der Waals surface area contributed by atoms with Crippen LogP contribution >= 0.6 is 0 Å². The minimum absolute atomic E-state index is 0.339. The molecule has 0 saturated carbocycles. The molecule has 0 spiro atoms. The van der Waals surface area contributed by atoms with Gasteiger partial charge in [0, 0.05) is 12.4 Å². The van der Waals surface area contributed by atoms with Crippen molar-refractivity contribution in [2.75, 3.05) is 0 Å². The zero-order valence-corrected chi connectivity index (χ0v) is 10.4. The van der Waals surface area contributed by atoms with Crippen molar-refractivity contribution in [1.82, 2.24) is 4.98 Å².